The summed E-state index contributed by atoms with van der Waals surface area (Å²) in [6.07, 6.45) is -4.27. The number of rotatable bonds is 59. The minimum atomic E-state index is -3.14. The van der Waals surface area contributed by atoms with Crippen LogP contribution in [0.25, 0.3) is 0 Å². The van der Waals surface area contributed by atoms with Gasteiger partial charge in [-0.3, -0.25) is 9.59 Å². The van der Waals surface area contributed by atoms with Crippen LogP contribution in [0.5, 0.6) is 0 Å². The zero-order valence-corrected chi connectivity index (χ0v) is 63.8. The summed E-state index contributed by atoms with van der Waals surface area (Å²) in [4.78, 5) is 38.9. The fourth-order valence-corrected chi connectivity index (χ4v) is 13.8. The first-order valence-electron chi connectivity index (χ1n) is 39.6. The van der Waals surface area contributed by atoms with E-state index in [1.54, 1.807) is 0 Å². The first-order chi connectivity index (χ1) is 51.6. The SMILES string of the molecule is CCCCCCCCCCCCCCC(CCCCCCCCCCCCCC)C(=O)Nc1ccc(COCCOCCOCCOCCOCCO[C@@H]2O[C@H](CO)[C@@H](O[C@@H]3O[C@H](CO)[C@H](O)[C@H](O[C@]4(C(=O)O)C[C@H](O)[C@@H](NC(C)=O)[C@H]([C@H](O)[C@H](O)CO)O4)[C@H]3O)[C@H](O[C@@H]3O[C@@H](C)[C@@H](O)[C@@H](O)[C@@H]3O)[C@H]2O)cc1. The van der Waals surface area contributed by atoms with Crippen molar-refractivity contribution >= 4 is 23.5 Å². The lowest BCUT2D eigenvalue weighted by Gasteiger charge is -2.51. The number of aliphatic hydroxyl groups excluding tert-OH is 12. The standard InChI is InChI=1S/C76H134N2O29/c1-5-7-9-11-13-15-17-19-21-23-25-27-29-53(30-28-26-24-22-20-18-16-14-12-10-8-6-2)71(92)78-54-33-31-52(32-34-54)49-99-42-41-97-38-37-95-35-36-96-39-40-98-43-44-100-72-66(91)70(105-73-64(89)63(88)60(85)50(3)101-73)67(58(48-81)103-72)104-74-65(90)69(62(87)57(47-80)102-74)107-76(75(93)94)45-55(83)59(77-51(4)82)68(106-76)61(86)56(84)46-79/h31-34,50,53,55-70,72-74,79-81,83-91H,5-30,35-49H2,1-4H3,(H,77,82)(H,78,92)(H,93,94)/t50-,55-,56+,57+,58+,59+,60+,61+,62-,63+,64-,65+,66+,67+,68+,69-,70+,72+,73-,74-,76-/m0/s1. The summed E-state index contributed by atoms with van der Waals surface area (Å²) >= 11 is 0. The molecule has 0 bridgehead atoms. The summed E-state index contributed by atoms with van der Waals surface area (Å²) in [5.74, 6) is -5.81. The molecule has 0 unspecified atom stereocenters. The van der Waals surface area contributed by atoms with E-state index in [1.165, 1.54) is 148 Å². The minimum Gasteiger partial charge on any atom is -0.477 e. The van der Waals surface area contributed by atoms with Crippen molar-refractivity contribution in [3.05, 3.63) is 29.8 Å². The Morgan fingerprint density at radius 2 is 0.972 bits per heavy atom. The topological polar surface area (TPSA) is 458 Å². The number of hydrogen-bond acceptors (Lipinski definition) is 28. The van der Waals surface area contributed by atoms with Gasteiger partial charge in [0.05, 0.1) is 111 Å². The van der Waals surface area contributed by atoms with Crippen molar-refractivity contribution in [1.29, 1.82) is 0 Å². The molecule has 0 spiro atoms. The number of carbonyl (C=O) groups excluding carboxylic acids is 2. The summed E-state index contributed by atoms with van der Waals surface area (Å²) in [5, 5.41) is 147. The summed E-state index contributed by atoms with van der Waals surface area (Å²) < 4.78 is 75.1. The Hall–Kier alpha value is -3.37. The molecule has 4 aliphatic heterocycles. The number of benzene rings is 1. The van der Waals surface area contributed by atoms with Crippen molar-refractivity contribution in [3.8, 4) is 0 Å². The van der Waals surface area contributed by atoms with E-state index in [2.05, 4.69) is 24.5 Å². The Morgan fingerprint density at radius 1 is 0.523 bits per heavy atom. The first kappa shape index (κ1) is 94.2. The smallest absolute Gasteiger partial charge is 0.364 e. The zero-order valence-electron chi connectivity index (χ0n) is 63.8. The summed E-state index contributed by atoms with van der Waals surface area (Å²) in [6.45, 7) is 6.08. The number of anilines is 1. The zero-order chi connectivity index (χ0) is 77.9. The summed E-state index contributed by atoms with van der Waals surface area (Å²) in [5.41, 5.74) is 1.78. The predicted molar refractivity (Wildman–Crippen MR) is 388 cm³/mol. The monoisotopic (exact) mass is 1540 g/mol. The fraction of sp³-hybridized carbons (Fsp3) is 0.882. The Labute approximate surface area is 631 Å². The van der Waals surface area contributed by atoms with Gasteiger partial charge < -0.3 is 139 Å². The lowest BCUT2D eigenvalue weighted by molar-refractivity contribution is -0.398. The van der Waals surface area contributed by atoms with Crippen LogP contribution in [-0.2, 0) is 82.6 Å². The number of carboxylic acid groups (broad SMARTS) is 1. The molecule has 107 heavy (non-hydrogen) atoms. The molecular weight excluding hydrogens is 1400 g/mol. The lowest BCUT2D eigenvalue weighted by atomic mass is 9.88. The minimum absolute atomic E-state index is 0.0155. The van der Waals surface area contributed by atoms with Crippen molar-refractivity contribution < 1.29 is 142 Å². The maximum absolute atomic E-state index is 13.7. The van der Waals surface area contributed by atoms with Crippen LogP contribution in [0.15, 0.2) is 24.3 Å². The average Bonchev–Trinajstić information content (AvgIpc) is 0.761. The molecule has 5 rings (SSSR count). The highest BCUT2D eigenvalue weighted by molar-refractivity contribution is 5.92. The van der Waals surface area contributed by atoms with Crippen molar-refractivity contribution in [1.82, 2.24) is 5.32 Å². The van der Waals surface area contributed by atoms with Crippen molar-refractivity contribution in [2.75, 3.05) is 91.2 Å². The van der Waals surface area contributed by atoms with Crippen LogP contribution in [0.4, 0.5) is 5.69 Å². The van der Waals surface area contributed by atoms with Crippen molar-refractivity contribution in [3.63, 3.8) is 0 Å². The highest BCUT2D eigenvalue weighted by Crippen LogP contribution is 2.40. The van der Waals surface area contributed by atoms with Gasteiger partial charge in [-0.05, 0) is 37.5 Å². The van der Waals surface area contributed by atoms with E-state index in [1.807, 2.05) is 24.3 Å². The third-order valence-corrected chi connectivity index (χ3v) is 20.2. The third-order valence-electron chi connectivity index (χ3n) is 20.2. The van der Waals surface area contributed by atoms with Crippen LogP contribution in [-0.4, -0.2) is 298 Å². The third kappa shape index (κ3) is 32.9. The maximum atomic E-state index is 13.7. The van der Waals surface area contributed by atoms with E-state index in [4.69, 9.17) is 61.6 Å². The molecule has 31 nitrogen and oxygen atoms in total. The van der Waals surface area contributed by atoms with Gasteiger partial charge in [0.15, 0.2) is 18.9 Å². The van der Waals surface area contributed by atoms with E-state index in [-0.39, 0.29) is 51.5 Å². The van der Waals surface area contributed by atoms with Crippen LogP contribution >= 0.6 is 0 Å². The van der Waals surface area contributed by atoms with Crippen LogP contribution in [0.3, 0.4) is 0 Å². The maximum Gasteiger partial charge on any atom is 0.364 e. The fourth-order valence-electron chi connectivity index (χ4n) is 13.8. The van der Waals surface area contributed by atoms with Gasteiger partial charge in [0, 0.05) is 24.9 Å². The van der Waals surface area contributed by atoms with Crippen LogP contribution in [0.1, 0.15) is 207 Å². The Bertz CT molecular complexity index is 2460. The van der Waals surface area contributed by atoms with Gasteiger partial charge >= 0.3 is 5.97 Å². The molecule has 4 saturated heterocycles. The van der Waals surface area contributed by atoms with Gasteiger partial charge in [-0.1, -0.05) is 180 Å². The molecule has 1 aromatic carbocycles. The van der Waals surface area contributed by atoms with Gasteiger partial charge in [-0.2, -0.15) is 0 Å². The molecule has 0 radical (unpaired) electrons. The number of hydrogen-bond donors (Lipinski definition) is 15. The average molecular weight is 1540 g/mol. The number of aliphatic hydroxyl groups is 12. The van der Waals surface area contributed by atoms with E-state index in [0.29, 0.717) is 33.0 Å². The molecule has 15 N–H and O–H groups in total. The summed E-state index contributed by atoms with van der Waals surface area (Å²) in [7, 11) is 0. The lowest BCUT2D eigenvalue weighted by Crippen LogP contribution is -2.71. The number of nitrogens with one attached hydrogen (secondary N) is 2. The number of carbonyl (C=O) groups is 3. The molecule has 622 valence electrons. The van der Waals surface area contributed by atoms with Gasteiger partial charge in [0.1, 0.15) is 85.5 Å². The molecule has 0 aliphatic carbocycles. The van der Waals surface area contributed by atoms with Crippen LogP contribution in [0.2, 0.25) is 0 Å². The van der Waals surface area contributed by atoms with E-state index >= 15 is 0 Å². The van der Waals surface area contributed by atoms with Crippen molar-refractivity contribution in [2.24, 2.45) is 5.92 Å². The highest BCUT2D eigenvalue weighted by Gasteiger charge is 2.61. The molecular formula is C76H134N2O29. The molecule has 2 amide bonds. The molecule has 31 heteroatoms. The van der Waals surface area contributed by atoms with E-state index in [9.17, 15) is 80.8 Å². The summed E-state index contributed by atoms with van der Waals surface area (Å²) in [6, 6.07) is 6.23. The Balaban J connectivity index is 1.00. The second-order valence-corrected chi connectivity index (χ2v) is 28.9. The predicted octanol–water partition coefficient (Wildman–Crippen LogP) is 3.67. The molecule has 0 saturated carbocycles. The first-order valence-corrected chi connectivity index (χ1v) is 39.6. The van der Waals surface area contributed by atoms with Crippen molar-refractivity contribution in [2.45, 2.75) is 336 Å². The second-order valence-electron chi connectivity index (χ2n) is 28.9. The molecule has 4 heterocycles. The normalized spacial score (nSPS) is 29.7. The largest absolute Gasteiger partial charge is 0.477 e. The Morgan fingerprint density at radius 3 is 1.45 bits per heavy atom. The van der Waals surface area contributed by atoms with Gasteiger partial charge in [-0.15, -0.1) is 0 Å². The number of aliphatic carboxylic acids is 1. The van der Waals surface area contributed by atoms with Crippen LogP contribution < -0.4 is 10.6 Å². The second kappa shape index (κ2) is 53.6. The molecule has 21 atom stereocenters. The number of amides is 2. The van der Waals surface area contributed by atoms with E-state index < -0.39 is 166 Å². The van der Waals surface area contributed by atoms with Crippen LogP contribution in [0, 0.1) is 5.92 Å². The van der Waals surface area contributed by atoms with Gasteiger partial charge in [0.25, 0.3) is 5.79 Å². The highest BCUT2D eigenvalue weighted by atomic mass is 16.8. The number of carboxylic acids is 1. The number of unbranched alkanes of at least 4 members (excludes halogenated alkanes) is 22. The molecule has 1 aromatic rings. The quantitative estimate of drug-likeness (QED) is 0.0414. The molecule has 4 fully saturated rings. The van der Waals surface area contributed by atoms with Gasteiger partial charge in [0.2, 0.25) is 11.8 Å². The Kier molecular flexibility index (Phi) is 47.2. The number of ether oxygens (including phenoxy) is 13. The molecule has 0 aromatic heterocycles. The van der Waals surface area contributed by atoms with E-state index in [0.717, 1.165) is 43.9 Å². The molecule has 4 aliphatic rings. The van der Waals surface area contributed by atoms with Gasteiger partial charge in [-0.25, -0.2) is 4.79 Å².